The van der Waals surface area contributed by atoms with Crippen LogP contribution in [0.4, 0.5) is 4.79 Å². The number of hydrogen-bond donors (Lipinski definition) is 4. The Balaban J connectivity index is 1.72. The highest BCUT2D eigenvalue weighted by atomic mass is 16.4. The molecule has 0 spiro atoms. The zero-order valence-corrected chi connectivity index (χ0v) is 11.9. The van der Waals surface area contributed by atoms with Crippen molar-refractivity contribution in [3.63, 3.8) is 0 Å². The quantitative estimate of drug-likeness (QED) is 0.541. The van der Waals surface area contributed by atoms with Crippen LogP contribution in [0.1, 0.15) is 32.1 Å². The molecule has 8 heteroatoms. The van der Waals surface area contributed by atoms with Crippen molar-refractivity contribution in [3.8, 4) is 0 Å². The van der Waals surface area contributed by atoms with Crippen molar-refractivity contribution >= 4 is 17.9 Å². The second-order valence-corrected chi connectivity index (χ2v) is 5.92. The number of carboxylic acids is 1. The highest BCUT2D eigenvalue weighted by Crippen LogP contribution is 2.19. The summed E-state index contributed by atoms with van der Waals surface area (Å²) in [5.74, 6) is -1.51. The van der Waals surface area contributed by atoms with E-state index >= 15 is 0 Å². The third-order valence-corrected chi connectivity index (χ3v) is 4.12. The molecule has 2 rings (SSSR count). The molecule has 1 aliphatic carbocycles. The molecule has 1 aliphatic heterocycles. The van der Waals surface area contributed by atoms with Gasteiger partial charge in [0, 0.05) is 19.1 Å². The number of nitrogens with zero attached hydrogens (tertiary/aromatic N) is 1. The summed E-state index contributed by atoms with van der Waals surface area (Å²) >= 11 is 0. The van der Waals surface area contributed by atoms with Gasteiger partial charge < -0.3 is 16.2 Å². The summed E-state index contributed by atoms with van der Waals surface area (Å²) in [7, 11) is 0. The van der Waals surface area contributed by atoms with Gasteiger partial charge in [-0.3, -0.25) is 19.8 Å². The van der Waals surface area contributed by atoms with E-state index in [9.17, 15) is 14.4 Å². The maximum atomic E-state index is 11.8. The molecule has 0 aromatic rings. The molecule has 0 radical (unpaired) electrons. The first-order valence-corrected chi connectivity index (χ1v) is 7.24. The molecular weight excluding hydrogens is 276 g/mol. The van der Waals surface area contributed by atoms with E-state index in [0.29, 0.717) is 13.0 Å². The number of carbonyl (C=O) groups is 3. The Labute approximate surface area is 123 Å². The van der Waals surface area contributed by atoms with E-state index in [1.165, 1.54) is 0 Å². The average Bonchev–Trinajstić information content (AvgIpc) is 3.00. The second kappa shape index (κ2) is 6.40. The molecule has 0 bridgehead atoms. The van der Waals surface area contributed by atoms with Gasteiger partial charge in [0.25, 0.3) is 0 Å². The van der Waals surface area contributed by atoms with Crippen LogP contribution in [-0.2, 0) is 9.59 Å². The maximum Gasteiger partial charge on any atom is 0.325 e. The van der Waals surface area contributed by atoms with Gasteiger partial charge in [0.15, 0.2) is 0 Å². The molecule has 5 N–H and O–H groups in total. The topological polar surface area (TPSA) is 125 Å². The third kappa shape index (κ3) is 4.15. The molecular formula is C13H22N4O4. The summed E-state index contributed by atoms with van der Waals surface area (Å²) < 4.78 is 0. The van der Waals surface area contributed by atoms with E-state index in [1.54, 1.807) is 4.90 Å². The van der Waals surface area contributed by atoms with Crippen LogP contribution >= 0.6 is 0 Å². The van der Waals surface area contributed by atoms with Gasteiger partial charge in [-0.05, 0) is 19.3 Å². The summed E-state index contributed by atoms with van der Waals surface area (Å²) in [6, 6.07) is -0.336. The van der Waals surface area contributed by atoms with Gasteiger partial charge in [0.1, 0.15) is 5.54 Å². The molecule has 2 aliphatic rings. The van der Waals surface area contributed by atoms with Gasteiger partial charge in [-0.15, -0.1) is 0 Å². The highest BCUT2D eigenvalue weighted by molar-refractivity contribution is 5.95. The lowest BCUT2D eigenvalue weighted by Crippen LogP contribution is -2.51. The van der Waals surface area contributed by atoms with Gasteiger partial charge in [-0.1, -0.05) is 12.8 Å². The Kier molecular flexibility index (Phi) is 4.79. The minimum atomic E-state index is -1.30. The fourth-order valence-electron chi connectivity index (χ4n) is 2.89. The largest absolute Gasteiger partial charge is 0.480 e. The zero-order chi connectivity index (χ0) is 15.5. The smallest absolute Gasteiger partial charge is 0.325 e. The van der Waals surface area contributed by atoms with Crippen molar-refractivity contribution in [3.05, 3.63) is 0 Å². The molecule has 3 amide bonds. The Hall–Kier alpha value is -1.67. The van der Waals surface area contributed by atoms with E-state index in [2.05, 4.69) is 10.6 Å². The molecule has 1 saturated carbocycles. The lowest BCUT2D eigenvalue weighted by Gasteiger charge is -2.19. The van der Waals surface area contributed by atoms with Crippen LogP contribution < -0.4 is 16.4 Å². The number of imide groups is 1. The summed E-state index contributed by atoms with van der Waals surface area (Å²) in [4.78, 5) is 36.1. The predicted octanol–water partition coefficient (Wildman–Crippen LogP) is -0.757. The van der Waals surface area contributed by atoms with Crippen molar-refractivity contribution in [2.45, 2.75) is 43.7 Å². The van der Waals surface area contributed by atoms with E-state index in [4.69, 9.17) is 10.8 Å². The SMILES string of the molecule is NC1(C(=O)O)CCN(CC(=O)NC(=O)NC2CCCC2)C1. The van der Waals surface area contributed by atoms with Gasteiger partial charge in [0.05, 0.1) is 6.54 Å². The fraction of sp³-hybridized carbons (Fsp3) is 0.769. The summed E-state index contributed by atoms with van der Waals surface area (Å²) in [5, 5.41) is 14.0. The Bertz CT molecular complexity index is 436. The summed E-state index contributed by atoms with van der Waals surface area (Å²) in [6.07, 6.45) is 4.38. The van der Waals surface area contributed by atoms with Gasteiger partial charge in [-0.2, -0.15) is 0 Å². The second-order valence-electron chi connectivity index (χ2n) is 5.92. The number of urea groups is 1. The molecule has 1 heterocycles. The molecule has 118 valence electrons. The number of aliphatic carboxylic acids is 1. The molecule has 2 fully saturated rings. The minimum Gasteiger partial charge on any atom is -0.480 e. The zero-order valence-electron chi connectivity index (χ0n) is 11.9. The van der Waals surface area contributed by atoms with Gasteiger partial charge >= 0.3 is 12.0 Å². The lowest BCUT2D eigenvalue weighted by molar-refractivity contribution is -0.143. The predicted molar refractivity (Wildman–Crippen MR) is 74.5 cm³/mol. The monoisotopic (exact) mass is 298 g/mol. The fourth-order valence-corrected chi connectivity index (χ4v) is 2.89. The number of nitrogens with two attached hydrogens (primary N) is 1. The first-order chi connectivity index (χ1) is 9.89. The van der Waals surface area contributed by atoms with Crippen molar-refractivity contribution in [1.82, 2.24) is 15.5 Å². The van der Waals surface area contributed by atoms with E-state index in [0.717, 1.165) is 25.7 Å². The van der Waals surface area contributed by atoms with Gasteiger partial charge in [0.2, 0.25) is 5.91 Å². The maximum absolute atomic E-state index is 11.8. The van der Waals surface area contributed by atoms with E-state index in [1.807, 2.05) is 0 Å². The summed E-state index contributed by atoms with van der Waals surface area (Å²) in [5.41, 5.74) is 4.43. The van der Waals surface area contributed by atoms with Crippen LogP contribution in [0.5, 0.6) is 0 Å². The number of nitrogens with one attached hydrogen (secondary N) is 2. The van der Waals surface area contributed by atoms with Crippen molar-refractivity contribution in [1.29, 1.82) is 0 Å². The Morgan fingerprint density at radius 3 is 2.52 bits per heavy atom. The minimum absolute atomic E-state index is 0.0235. The van der Waals surface area contributed by atoms with Crippen molar-refractivity contribution < 1.29 is 19.5 Å². The normalized spacial score (nSPS) is 26.7. The molecule has 1 saturated heterocycles. The number of carbonyl (C=O) groups excluding carboxylic acids is 2. The van der Waals surface area contributed by atoms with Crippen LogP contribution in [0.3, 0.4) is 0 Å². The highest BCUT2D eigenvalue weighted by Gasteiger charge is 2.41. The standard InChI is InChI=1S/C13H22N4O4/c14-13(11(19)20)5-6-17(8-13)7-10(18)16-12(21)15-9-3-1-2-4-9/h9H,1-8,14H2,(H,19,20)(H2,15,16,18,21). The molecule has 0 aromatic carbocycles. The van der Waals surface area contributed by atoms with Crippen molar-refractivity contribution in [2.24, 2.45) is 5.73 Å². The van der Waals surface area contributed by atoms with Crippen LogP contribution in [0.2, 0.25) is 0 Å². The number of hydrogen-bond acceptors (Lipinski definition) is 5. The van der Waals surface area contributed by atoms with Crippen LogP contribution in [0.25, 0.3) is 0 Å². The van der Waals surface area contributed by atoms with Gasteiger partial charge in [-0.25, -0.2) is 4.79 Å². The number of carboxylic acid groups (broad SMARTS) is 1. The van der Waals surface area contributed by atoms with Crippen LogP contribution in [-0.4, -0.2) is 59.1 Å². The molecule has 1 unspecified atom stereocenters. The van der Waals surface area contributed by atoms with Crippen molar-refractivity contribution in [2.75, 3.05) is 19.6 Å². The first kappa shape index (κ1) is 15.7. The van der Waals surface area contributed by atoms with Crippen LogP contribution in [0.15, 0.2) is 0 Å². The molecule has 1 atom stereocenters. The lowest BCUT2D eigenvalue weighted by atomic mass is 10.0. The Morgan fingerprint density at radius 2 is 1.95 bits per heavy atom. The molecule has 8 nitrogen and oxygen atoms in total. The number of amides is 3. The van der Waals surface area contributed by atoms with E-state index in [-0.39, 0.29) is 19.1 Å². The molecule has 21 heavy (non-hydrogen) atoms. The Morgan fingerprint density at radius 1 is 1.29 bits per heavy atom. The first-order valence-electron chi connectivity index (χ1n) is 7.24. The summed E-state index contributed by atoms with van der Waals surface area (Å²) in [6.45, 7) is 0.519. The van der Waals surface area contributed by atoms with E-state index < -0.39 is 23.4 Å². The molecule has 0 aromatic heterocycles. The number of rotatable bonds is 4. The number of likely N-dealkylation sites (tertiary alicyclic amines) is 1. The van der Waals surface area contributed by atoms with Crippen LogP contribution in [0, 0.1) is 0 Å². The third-order valence-electron chi connectivity index (χ3n) is 4.12. The average molecular weight is 298 g/mol.